The lowest BCUT2D eigenvalue weighted by atomic mass is 9.96. The Morgan fingerprint density at radius 3 is 2.27 bits per heavy atom. The summed E-state index contributed by atoms with van der Waals surface area (Å²) in [6, 6.07) is 9.55. The first kappa shape index (κ1) is 23.1. The van der Waals surface area contributed by atoms with E-state index >= 15 is 0 Å². The number of aliphatic imine (C=N–C) groups is 1. The highest BCUT2D eigenvalue weighted by atomic mass is 15.2. The summed E-state index contributed by atoms with van der Waals surface area (Å²) in [7, 11) is 0. The van der Waals surface area contributed by atoms with Gasteiger partial charge in [0.25, 0.3) is 0 Å². The summed E-state index contributed by atoms with van der Waals surface area (Å²) < 4.78 is 0. The average molecular weight is 414 g/mol. The van der Waals surface area contributed by atoms with Gasteiger partial charge in [-0.3, -0.25) is 9.89 Å². The Kier molecular flexibility index (Phi) is 9.47. The molecule has 5 nitrogen and oxygen atoms in total. The first-order valence-corrected chi connectivity index (χ1v) is 12.2. The van der Waals surface area contributed by atoms with Crippen molar-refractivity contribution in [1.29, 1.82) is 0 Å². The Hall–Kier alpha value is -1.59. The van der Waals surface area contributed by atoms with E-state index in [-0.39, 0.29) is 0 Å². The molecule has 2 aliphatic heterocycles. The molecule has 0 atom stereocenters. The van der Waals surface area contributed by atoms with E-state index in [9.17, 15) is 0 Å². The van der Waals surface area contributed by atoms with Gasteiger partial charge in [0, 0.05) is 38.8 Å². The molecule has 0 aromatic heterocycles. The predicted octanol–water partition coefficient (Wildman–Crippen LogP) is 3.64. The minimum atomic E-state index is 0.562. The number of hydrogen-bond acceptors (Lipinski definition) is 3. The maximum absolute atomic E-state index is 4.97. The first-order chi connectivity index (χ1) is 14.7. The Bertz CT molecular complexity index is 625. The van der Waals surface area contributed by atoms with Gasteiger partial charge in [-0.25, -0.2) is 0 Å². The van der Waals surface area contributed by atoms with Crippen LogP contribution in [0.1, 0.15) is 57.1 Å². The normalized spacial score (nSPS) is 20.4. The Labute approximate surface area is 184 Å². The van der Waals surface area contributed by atoms with Crippen molar-refractivity contribution in [2.45, 2.75) is 65.5 Å². The van der Waals surface area contributed by atoms with Gasteiger partial charge in [0.15, 0.2) is 5.96 Å². The van der Waals surface area contributed by atoms with Gasteiger partial charge in [-0.05, 0) is 77.1 Å². The summed E-state index contributed by atoms with van der Waals surface area (Å²) >= 11 is 0. The minimum absolute atomic E-state index is 0.562. The van der Waals surface area contributed by atoms with Crippen molar-refractivity contribution in [3.05, 3.63) is 35.4 Å². The summed E-state index contributed by atoms with van der Waals surface area (Å²) in [6.45, 7) is 15.6. The quantitative estimate of drug-likeness (QED) is 0.504. The zero-order valence-corrected chi connectivity index (χ0v) is 19.5. The lowest BCUT2D eigenvalue weighted by Gasteiger charge is -2.33. The van der Waals surface area contributed by atoms with Crippen molar-refractivity contribution in [3.63, 3.8) is 0 Å². The molecule has 2 heterocycles. The molecule has 2 fully saturated rings. The monoisotopic (exact) mass is 413 g/mol. The second-order valence-electron chi connectivity index (χ2n) is 9.18. The van der Waals surface area contributed by atoms with Crippen molar-refractivity contribution in [2.24, 2.45) is 10.9 Å². The summed E-state index contributed by atoms with van der Waals surface area (Å²) in [6.07, 6.45) is 6.21. The summed E-state index contributed by atoms with van der Waals surface area (Å²) in [5.74, 6) is 1.73. The van der Waals surface area contributed by atoms with E-state index in [1.807, 2.05) is 0 Å². The van der Waals surface area contributed by atoms with E-state index in [0.29, 0.717) is 12.0 Å². The molecule has 0 bridgehead atoms. The second-order valence-corrected chi connectivity index (χ2v) is 9.18. The Morgan fingerprint density at radius 2 is 1.63 bits per heavy atom. The number of piperidine rings is 2. The van der Waals surface area contributed by atoms with Crippen molar-refractivity contribution in [2.75, 3.05) is 45.8 Å². The molecule has 0 radical (unpaired) electrons. The fraction of sp³-hybridized carbons (Fsp3) is 0.720. The number of likely N-dealkylation sites (tertiary alicyclic amines) is 2. The van der Waals surface area contributed by atoms with Crippen LogP contribution in [-0.4, -0.2) is 67.6 Å². The fourth-order valence-electron chi connectivity index (χ4n) is 4.63. The predicted molar refractivity (Wildman–Crippen MR) is 128 cm³/mol. The molecule has 0 saturated carbocycles. The van der Waals surface area contributed by atoms with Gasteiger partial charge in [0.1, 0.15) is 0 Å². The fourth-order valence-corrected chi connectivity index (χ4v) is 4.63. The van der Waals surface area contributed by atoms with E-state index in [0.717, 1.165) is 25.6 Å². The van der Waals surface area contributed by atoms with Crippen LogP contribution in [0.5, 0.6) is 0 Å². The number of nitrogens with one attached hydrogen (secondary N) is 2. The largest absolute Gasteiger partial charge is 0.357 e. The topological polar surface area (TPSA) is 42.9 Å². The van der Waals surface area contributed by atoms with E-state index < -0.39 is 0 Å². The Morgan fingerprint density at radius 1 is 0.967 bits per heavy atom. The van der Waals surface area contributed by atoms with Crippen LogP contribution in [0.25, 0.3) is 0 Å². The van der Waals surface area contributed by atoms with Crippen LogP contribution in [0.2, 0.25) is 0 Å². The molecule has 1 aromatic carbocycles. The average Bonchev–Trinajstić information content (AvgIpc) is 2.76. The molecule has 0 spiro atoms. The van der Waals surface area contributed by atoms with Gasteiger partial charge < -0.3 is 15.5 Å². The smallest absolute Gasteiger partial charge is 0.191 e. The first-order valence-electron chi connectivity index (χ1n) is 12.2. The molecular weight excluding hydrogens is 370 g/mol. The zero-order valence-electron chi connectivity index (χ0n) is 19.5. The van der Waals surface area contributed by atoms with Crippen LogP contribution in [0.15, 0.2) is 29.3 Å². The molecule has 0 unspecified atom stereocenters. The van der Waals surface area contributed by atoms with Crippen molar-refractivity contribution in [3.8, 4) is 0 Å². The second kappa shape index (κ2) is 12.3. The number of aryl methyl sites for hydroxylation is 1. The highest BCUT2D eigenvalue weighted by molar-refractivity contribution is 5.80. The standard InChI is InChI=1S/C25H43N5/c1-4-14-29-17-12-24(13-18-29)28-25(26-5-2)27-19-22-10-15-30(16-11-22)20-23-8-6-21(3)7-9-23/h6-9,22,24H,4-5,10-20H2,1-3H3,(H2,26,27,28). The SMILES string of the molecule is CCCN1CCC(NC(=NCC2CCN(Cc3ccc(C)cc3)CC2)NCC)CC1. The van der Waals surface area contributed by atoms with Gasteiger partial charge in [0.2, 0.25) is 0 Å². The van der Waals surface area contributed by atoms with Gasteiger partial charge in [-0.1, -0.05) is 36.8 Å². The molecule has 168 valence electrons. The van der Waals surface area contributed by atoms with Crippen LogP contribution in [0, 0.1) is 12.8 Å². The van der Waals surface area contributed by atoms with Crippen LogP contribution in [0.4, 0.5) is 0 Å². The third kappa shape index (κ3) is 7.59. The van der Waals surface area contributed by atoms with Gasteiger partial charge in [0.05, 0.1) is 0 Å². The van der Waals surface area contributed by atoms with E-state index in [1.54, 1.807) is 0 Å². The molecule has 2 N–H and O–H groups in total. The lowest BCUT2D eigenvalue weighted by molar-refractivity contribution is 0.180. The number of benzene rings is 1. The van der Waals surface area contributed by atoms with Gasteiger partial charge in [-0.15, -0.1) is 0 Å². The molecule has 0 amide bonds. The van der Waals surface area contributed by atoms with Crippen LogP contribution in [0.3, 0.4) is 0 Å². The van der Waals surface area contributed by atoms with E-state index in [4.69, 9.17) is 4.99 Å². The van der Waals surface area contributed by atoms with Crippen LogP contribution >= 0.6 is 0 Å². The van der Waals surface area contributed by atoms with Crippen LogP contribution < -0.4 is 10.6 Å². The number of guanidine groups is 1. The number of rotatable bonds is 8. The molecule has 2 aliphatic rings. The highest BCUT2D eigenvalue weighted by Gasteiger charge is 2.21. The van der Waals surface area contributed by atoms with Crippen LogP contribution in [-0.2, 0) is 6.54 Å². The van der Waals surface area contributed by atoms with Gasteiger partial charge >= 0.3 is 0 Å². The number of hydrogen-bond donors (Lipinski definition) is 2. The van der Waals surface area contributed by atoms with E-state index in [1.165, 1.54) is 76.0 Å². The van der Waals surface area contributed by atoms with Crippen molar-refractivity contribution in [1.82, 2.24) is 20.4 Å². The maximum atomic E-state index is 4.97. The zero-order chi connectivity index (χ0) is 21.2. The maximum Gasteiger partial charge on any atom is 0.191 e. The third-order valence-electron chi connectivity index (χ3n) is 6.55. The number of nitrogens with zero attached hydrogens (tertiary/aromatic N) is 3. The molecule has 30 heavy (non-hydrogen) atoms. The Balaban J connectivity index is 1.40. The van der Waals surface area contributed by atoms with Gasteiger partial charge in [-0.2, -0.15) is 0 Å². The molecule has 0 aliphatic carbocycles. The summed E-state index contributed by atoms with van der Waals surface area (Å²) in [5, 5.41) is 7.17. The minimum Gasteiger partial charge on any atom is -0.357 e. The molecular formula is C25H43N5. The molecule has 1 aromatic rings. The highest BCUT2D eigenvalue weighted by Crippen LogP contribution is 2.19. The summed E-state index contributed by atoms with van der Waals surface area (Å²) in [5.41, 5.74) is 2.77. The molecule has 5 heteroatoms. The molecule has 3 rings (SSSR count). The van der Waals surface area contributed by atoms with Crippen molar-refractivity contribution < 1.29 is 0 Å². The third-order valence-corrected chi connectivity index (χ3v) is 6.55. The van der Waals surface area contributed by atoms with Crippen molar-refractivity contribution >= 4 is 5.96 Å². The lowest BCUT2D eigenvalue weighted by Crippen LogP contribution is -2.49. The molecule has 2 saturated heterocycles. The summed E-state index contributed by atoms with van der Waals surface area (Å²) in [4.78, 5) is 10.2. The van der Waals surface area contributed by atoms with E-state index in [2.05, 4.69) is 65.5 Å².